The molecule has 1 aromatic heterocycles. The van der Waals surface area contributed by atoms with Gasteiger partial charge >= 0.3 is 0 Å². The van der Waals surface area contributed by atoms with Gasteiger partial charge in [0, 0.05) is 44.6 Å². The van der Waals surface area contributed by atoms with E-state index in [4.69, 9.17) is 0 Å². The van der Waals surface area contributed by atoms with Gasteiger partial charge in [0.1, 0.15) is 5.82 Å². The molecular formula is C17H20N4O3. The Labute approximate surface area is 139 Å². The Morgan fingerprint density at radius 2 is 2.08 bits per heavy atom. The normalized spacial score (nSPS) is 14.4. The van der Waals surface area contributed by atoms with E-state index in [1.807, 2.05) is 0 Å². The van der Waals surface area contributed by atoms with Gasteiger partial charge < -0.3 is 4.98 Å². The highest BCUT2D eigenvalue weighted by Crippen LogP contribution is 2.18. The molecule has 0 bridgehead atoms. The van der Waals surface area contributed by atoms with E-state index < -0.39 is 4.92 Å². The van der Waals surface area contributed by atoms with Crippen LogP contribution in [0, 0.1) is 10.1 Å². The smallest absolute Gasteiger partial charge is 0.269 e. The summed E-state index contributed by atoms with van der Waals surface area (Å²) in [4.78, 5) is 32.2. The molecule has 1 aliphatic rings. The lowest BCUT2D eigenvalue weighted by Crippen LogP contribution is -2.35. The summed E-state index contributed by atoms with van der Waals surface area (Å²) < 4.78 is 0. The number of nitro benzene ring substituents is 1. The zero-order chi connectivity index (χ0) is 17.1. The minimum atomic E-state index is -0.403. The Morgan fingerprint density at radius 1 is 1.33 bits per heavy atom. The number of nitrogens with one attached hydrogen (secondary N) is 1. The predicted octanol–water partition coefficient (Wildman–Crippen LogP) is 2.19. The highest BCUT2D eigenvalue weighted by Gasteiger charge is 2.21. The lowest BCUT2D eigenvalue weighted by molar-refractivity contribution is -0.384. The van der Waals surface area contributed by atoms with E-state index in [9.17, 15) is 14.9 Å². The Balaban J connectivity index is 1.73. The topological polar surface area (TPSA) is 92.1 Å². The van der Waals surface area contributed by atoms with Crippen molar-refractivity contribution in [1.29, 1.82) is 0 Å². The first-order valence-corrected chi connectivity index (χ1v) is 8.13. The standard InChI is InChI=1S/C17H20N4O3/c1-2-3-16-18-15-8-9-20(11-14(15)17(22)19-16)10-12-4-6-13(7-5-12)21(23)24/h4-7H,2-3,8-11H2,1H3,(H,18,19,22). The van der Waals surface area contributed by atoms with Gasteiger partial charge in [0.25, 0.3) is 11.2 Å². The zero-order valence-corrected chi connectivity index (χ0v) is 13.6. The molecule has 0 saturated carbocycles. The van der Waals surface area contributed by atoms with E-state index in [2.05, 4.69) is 21.8 Å². The van der Waals surface area contributed by atoms with Gasteiger partial charge in [-0.15, -0.1) is 0 Å². The molecule has 0 unspecified atom stereocenters. The number of hydrogen-bond donors (Lipinski definition) is 1. The fourth-order valence-electron chi connectivity index (χ4n) is 3.00. The maximum absolute atomic E-state index is 12.3. The van der Waals surface area contributed by atoms with E-state index in [0.29, 0.717) is 13.1 Å². The maximum atomic E-state index is 12.3. The molecule has 0 fully saturated rings. The summed E-state index contributed by atoms with van der Waals surface area (Å²) in [5.74, 6) is 0.769. The molecule has 0 radical (unpaired) electrons. The van der Waals surface area contributed by atoms with Gasteiger partial charge in [-0.2, -0.15) is 0 Å². The molecule has 2 heterocycles. The lowest BCUT2D eigenvalue weighted by atomic mass is 10.1. The Kier molecular flexibility index (Phi) is 4.71. The average Bonchev–Trinajstić information content (AvgIpc) is 2.56. The van der Waals surface area contributed by atoms with Crippen molar-refractivity contribution in [2.24, 2.45) is 0 Å². The number of fused-ring (bicyclic) bond motifs is 1. The third-order valence-corrected chi connectivity index (χ3v) is 4.24. The summed E-state index contributed by atoms with van der Waals surface area (Å²) in [6, 6.07) is 6.55. The number of nitro groups is 1. The number of nitrogens with zero attached hydrogens (tertiary/aromatic N) is 3. The van der Waals surface area contributed by atoms with Gasteiger partial charge in [0.05, 0.1) is 16.2 Å². The molecular weight excluding hydrogens is 308 g/mol. The van der Waals surface area contributed by atoms with Crippen molar-refractivity contribution in [3.63, 3.8) is 0 Å². The minimum Gasteiger partial charge on any atom is -0.310 e. The monoisotopic (exact) mass is 328 g/mol. The van der Waals surface area contributed by atoms with E-state index in [0.717, 1.165) is 48.5 Å². The first-order valence-electron chi connectivity index (χ1n) is 8.13. The second kappa shape index (κ2) is 6.92. The molecule has 3 rings (SSSR count). The van der Waals surface area contributed by atoms with Gasteiger partial charge in [-0.1, -0.05) is 19.1 Å². The van der Waals surface area contributed by atoms with Crippen LogP contribution < -0.4 is 5.56 Å². The van der Waals surface area contributed by atoms with Crippen LogP contribution in [0.4, 0.5) is 5.69 Å². The molecule has 24 heavy (non-hydrogen) atoms. The van der Waals surface area contributed by atoms with Crippen molar-refractivity contribution < 1.29 is 4.92 Å². The molecule has 0 aliphatic carbocycles. The molecule has 1 aromatic carbocycles. The lowest BCUT2D eigenvalue weighted by Gasteiger charge is -2.27. The van der Waals surface area contributed by atoms with Crippen LogP contribution in [0.15, 0.2) is 29.1 Å². The Morgan fingerprint density at radius 3 is 2.75 bits per heavy atom. The number of aryl methyl sites for hydroxylation is 1. The van der Waals surface area contributed by atoms with Crippen molar-refractivity contribution in [2.75, 3.05) is 6.54 Å². The number of non-ortho nitro benzene ring substituents is 1. The first kappa shape index (κ1) is 16.3. The third kappa shape index (κ3) is 3.51. The van der Waals surface area contributed by atoms with Crippen LogP contribution in [-0.4, -0.2) is 26.3 Å². The van der Waals surface area contributed by atoms with Crippen LogP contribution in [0.25, 0.3) is 0 Å². The number of aromatic nitrogens is 2. The van der Waals surface area contributed by atoms with Gasteiger partial charge in [-0.25, -0.2) is 4.98 Å². The summed E-state index contributed by atoms with van der Waals surface area (Å²) >= 11 is 0. The van der Waals surface area contributed by atoms with Crippen LogP contribution >= 0.6 is 0 Å². The molecule has 0 spiro atoms. The van der Waals surface area contributed by atoms with Crippen molar-refractivity contribution in [3.8, 4) is 0 Å². The van der Waals surface area contributed by atoms with Gasteiger partial charge in [0.2, 0.25) is 0 Å². The Bertz CT molecular complexity index is 798. The summed E-state index contributed by atoms with van der Waals surface area (Å²) in [6.45, 7) is 4.10. The number of rotatable bonds is 5. The number of benzene rings is 1. The van der Waals surface area contributed by atoms with Crippen LogP contribution in [0.5, 0.6) is 0 Å². The van der Waals surface area contributed by atoms with Crippen molar-refractivity contribution in [1.82, 2.24) is 14.9 Å². The summed E-state index contributed by atoms with van der Waals surface area (Å²) in [7, 11) is 0. The maximum Gasteiger partial charge on any atom is 0.269 e. The molecule has 0 amide bonds. The highest BCUT2D eigenvalue weighted by atomic mass is 16.6. The van der Waals surface area contributed by atoms with Gasteiger partial charge in [-0.3, -0.25) is 19.8 Å². The summed E-state index contributed by atoms with van der Waals surface area (Å²) in [6.07, 6.45) is 2.49. The third-order valence-electron chi connectivity index (χ3n) is 4.24. The number of H-pyrrole nitrogens is 1. The van der Waals surface area contributed by atoms with Crippen LogP contribution in [0.3, 0.4) is 0 Å². The van der Waals surface area contributed by atoms with E-state index in [-0.39, 0.29) is 11.2 Å². The molecule has 0 saturated heterocycles. The second-order valence-corrected chi connectivity index (χ2v) is 6.07. The molecule has 7 nitrogen and oxygen atoms in total. The molecule has 0 atom stereocenters. The number of hydrogen-bond acceptors (Lipinski definition) is 5. The van der Waals surface area contributed by atoms with E-state index in [1.165, 1.54) is 12.1 Å². The molecule has 2 aromatic rings. The van der Waals surface area contributed by atoms with E-state index in [1.54, 1.807) is 12.1 Å². The van der Waals surface area contributed by atoms with Crippen molar-refractivity contribution >= 4 is 5.69 Å². The van der Waals surface area contributed by atoms with Crippen LogP contribution in [-0.2, 0) is 25.9 Å². The fraction of sp³-hybridized carbons (Fsp3) is 0.412. The largest absolute Gasteiger partial charge is 0.310 e. The summed E-state index contributed by atoms with van der Waals surface area (Å²) in [5.41, 5.74) is 2.69. The van der Waals surface area contributed by atoms with Gasteiger partial charge in [0.15, 0.2) is 0 Å². The second-order valence-electron chi connectivity index (χ2n) is 6.07. The molecule has 1 aliphatic heterocycles. The Hall–Kier alpha value is -2.54. The molecule has 126 valence electrons. The quantitative estimate of drug-likeness (QED) is 0.671. The van der Waals surface area contributed by atoms with Crippen LogP contribution in [0.2, 0.25) is 0 Å². The first-order chi connectivity index (χ1) is 11.6. The fourth-order valence-corrected chi connectivity index (χ4v) is 3.00. The SMILES string of the molecule is CCCc1nc2c(c(=O)[nH]1)CN(Cc1ccc([N+](=O)[O-])cc1)CC2. The minimum absolute atomic E-state index is 0.0446. The van der Waals surface area contributed by atoms with E-state index >= 15 is 0 Å². The highest BCUT2D eigenvalue weighted by molar-refractivity contribution is 5.33. The van der Waals surface area contributed by atoms with Gasteiger partial charge in [-0.05, 0) is 12.0 Å². The van der Waals surface area contributed by atoms with Crippen molar-refractivity contribution in [3.05, 3.63) is 67.4 Å². The zero-order valence-electron chi connectivity index (χ0n) is 13.6. The summed E-state index contributed by atoms with van der Waals surface area (Å²) in [5, 5.41) is 10.7. The van der Waals surface area contributed by atoms with Crippen molar-refractivity contribution in [2.45, 2.75) is 39.3 Å². The average molecular weight is 328 g/mol. The van der Waals surface area contributed by atoms with Crippen LogP contribution in [0.1, 0.15) is 36.0 Å². The molecule has 7 heteroatoms. The molecule has 1 N–H and O–H groups in total. The predicted molar refractivity (Wildman–Crippen MR) is 89.8 cm³/mol. The number of aromatic amines is 1.